The van der Waals surface area contributed by atoms with Crippen molar-refractivity contribution < 1.29 is 9.18 Å². The topological polar surface area (TPSA) is 17.1 Å². The zero-order valence-corrected chi connectivity index (χ0v) is 8.91. The lowest BCUT2D eigenvalue weighted by Gasteiger charge is -2.00. The van der Waals surface area contributed by atoms with E-state index in [4.69, 9.17) is 0 Å². The first kappa shape index (κ1) is 11.1. The number of ketones is 1. The van der Waals surface area contributed by atoms with Gasteiger partial charge in [-0.3, -0.25) is 4.79 Å². The van der Waals surface area contributed by atoms with Gasteiger partial charge in [0.15, 0.2) is 5.78 Å². The van der Waals surface area contributed by atoms with Gasteiger partial charge in [0, 0.05) is 16.7 Å². The standard InChI is InChI=1S/C15H8FO/c16-11-10-12-6-8-14(9-7-12)15(17)13-4-2-1-3-5-13/h1-8H. The zero-order chi connectivity index (χ0) is 12.1. The summed E-state index contributed by atoms with van der Waals surface area (Å²) in [6.45, 7) is 0. The smallest absolute Gasteiger partial charge is 0.193 e. The lowest BCUT2D eigenvalue weighted by atomic mass is 10.0. The Morgan fingerprint density at radius 3 is 2.47 bits per heavy atom. The van der Waals surface area contributed by atoms with Crippen LogP contribution in [0, 0.1) is 18.2 Å². The Labute approximate surface area is 98.9 Å². The van der Waals surface area contributed by atoms with Gasteiger partial charge < -0.3 is 0 Å². The number of carbonyl (C=O) groups excluding carboxylic acids is 1. The van der Waals surface area contributed by atoms with Crippen LogP contribution in [0.3, 0.4) is 0 Å². The van der Waals surface area contributed by atoms with Gasteiger partial charge in [0.25, 0.3) is 0 Å². The van der Waals surface area contributed by atoms with Crippen LogP contribution in [0.2, 0.25) is 0 Å². The molecule has 2 rings (SSSR count). The average Bonchev–Trinajstić information content (AvgIpc) is 2.40. The highest BCUT2D eigenvalue weighted by Crippen LogP contribution is 2.10. The van der Waals surface area contributed by atoms with Crippen molar-refractivity contribution in [3.63, 3.8) is 0 Å². The van der Waals surface area contributed by atoms with E-state index < -0.39 is 0 Å². The Morgan fingerprint density at radius 1 is 1.12 bits per heavy atom. The molecule has 0 atom stereocenters. The molecule has 0 bridgehead atoms. The van der Waals surface area contributed by atoms with Crippen LogP contribution in [0.4, 0.5) is 4.39 Å². The van der Waals surface area contributed by atoms with Crippen LogP contribution >= 0.6 is 0 Å². The van der Waals surface area contributed by atoms with Crippen LogP contribution in [0.25, 0.3) is 0 Å². The van der Waals surface area contributed by atoms with Gasteiger partial charge in [0.05, 0.1) is 0 Å². The van der Waals surface area contributed by atoms with Gasteiger partial charge in [0.1, 0.15) is 6.17 Å². The van der Waals surface area contributed by atoms with Gasteiger partial charge in [-0.1, -0.05) is 30.3 Å². The van der Waals surface area contributed by atoms with Gasteiger partial charge in [0.2, 0.25) is 0 Å². The summed E-state index contributed by atoms with van der Waals surface area (Å²) in [7, 11) is 0. The summed E-state index contributed by atoms with van der Waals surface area (Å²) in [5.41, 5.74) is 1.55. The van der Waals surface area contributed by atoms with Crippen LogP contribution in [-0.4, -0.2) is 5.78 Å². The number of benzene rings is 2. The Kier molecular flexibility index (Phi) is 3.32. The molecule has 2 heteroatoms. The van der Waals surface area contributed by atoms with Gasteiger partial charge >= 0.3 is 0 Å². The molecule has 0 spiro atoms. The molecule has 1 radical (unpaired) electrons. The summed E-state index contributed by atoms with van der Waals surface area (Å²) in [6.07, 6.45) is 1.31. The maximum absolute atomic E-state index is 12.0. The van der Waals surface area contributed by atoms with Crippen molar-refractivity contribution >= 4 is 5.78 Å². The second-order valence-electron chi connectivity index (χ2n) is 3.41. The van der Waals surface area contributed by atoms with Crippen molar-refractivity contribution in [2.24, 2.45) is 0 Å². The minimum absolute atomic E-state index is 0.106. The van der Waals surface area contributed by atoms with E-state index in [9.17, 15) is 9.18 Å². The third-order valence-corrected chi connectivity index (χ3v) is 2.28. The monoisotopic (exact) mass is 223 g/mol. The first-order valence-corrected chi connectivity index (χ1v) is 5.04. The molecule has 0 saturated carbocycles. The molecule has 0 N–H and O–H groups in total. The van der Waals surface area contributed by atoms with E-state index in [0.29, 0.717) is 16.7 Å². The number of halogens is 1. The van der Waals surface area contributed by atoms with Crippen molar-refractivity contribution in [3.8, 4) is 12.1 Å². The van der Waals surface area contributed by atoms with Crippen LogP contribution < -0.4 is 0 Å². The molecule has 0 fully saturated rings. The van der Waals surface area contributed by atoms with E-state index in [2.05, 4.69) is 12.0 Å². The summed E-state index contributed by atoms with van der Waals surface area (Å²) in [5.74, 6) is 2.15. The molecule has 81 valence electrons. The van der Waals surface area contributed by atoms with E-state index in [1.165, 1.54) is 12.2 Å². The normalized spacial score (nSPS) is 9.24. The molecule has 1 nitrogen and oxygen atoms in total. The lowest BCUT2D eigenvalue weighted by Crippen LogP contribution is -2.00. The fourth-order valence-corrected chi connectivity index (χ4v) is 1.44. The molecule has 0 aromatic heterocycles. The first-order valence-electron chi connectivity index (χ1n) is 5.04. The Bertz CT molecular complexity index is 574. The highest BCUT2D eigenvalue weighted by atomic mass is 19.1. The van der Waals surface area contributed by atoms with Gasteiger partial charge in [-0.15, -0.1) is 4.39 Å². The summed E-state index contributed by atoms with van der Waals surface area (Å²) in [6, 6.07) is 16.4. The van der Waals surface area contributed by atoms with Gasteiger partial charge in [-0.05, 0) is 30.2 Å². The number of hydrogen-bond donors (Lipinski definition) is 0. The van der Waals surface area contributed by atoms with E-state index in [0.717, 1.165) is 0 Å². The Morgan fingerprint density at radius 2 is 1.88 bits per heavy atom. The highest BCUT2D eigenvalue weighted by Gasteiger charge is 2.07. The Balaban J connectivity index is 2.28. The maximum Gasteiger partial charge on any atom is 0.193 e. The third kappa shape index (κ3) is 2.59. The minimum atomic E-state index is -0.106. The first-order chi connectivity index (χ1) is 8.31. The fourth-order valence-electron chi connectivity index (χ4n) is 1.44. The molecule has 0 saturated heterocycles. The molecule has 0 aliphatic rings. The van der Waals surface area contributed by atoms with Crippen molar-refractivity contribution in [2.45, 2.75) is 0 Å². The predicted molar refractivity (Wildman–Crippen MR) is 63.1 cm³/mol. The second-order valence-corrected chi connectivity index (χ2v) is 3.41. The van der Waals surface area contributed by atoms with Gasteiger partial charge in [-0.2, -0.15) is 0 Å². The summed E-state index contributed by atoms with van der Waals surface area (Å²) in [5, 5.41) is 0. The van der Waals surface area contributed by atoms with Crippen LogP contribution in [0.15, 0.2) is 48.5 Å². The summed E-state index contributed by atoms with van der Waals surface area (Å²) in [4.78, 5) is 12.0. The van der Waals surface area contributed by atoms with Crippen LogP contribution in [0.5, 0.6) is 0 Å². The molecule has 0 aliphatic heterocycles. The van der Waals surface area contributed by atoms with E-state index in [1.807, 2.05) is 6.07 Å². The molecule has 0 amide bonds. The molecular weight excluding hydrogens is 215 g/mol. The minimum Gasteiger partial charge on any atom is -0.289 e. The maximum atomic E-state index is 12.0. The van der Waals surface area contributed by atoms with Crippen molar-refractivity contribution in [2.75, 3.05) is 0 Å². The molecule has 0 heterocycles. The van der Waals surface area contributed by atoms with E-state index >= 15 is 0 Å². The zero-order valence-electron chi connectivity index (χ0n) is 8.91. The summed E-state index contributed by atoms with van der Waals surface area (Å²) >= 11 is 0. The van der Waals surface area contributed by atoms with Crippen molar-refractivity contribution in [1.29, 1.82) is 0 Å². The largest absolute Gasteiger partial charge is 0.289 e. The number of rotatable bonds is 2. The molecule has 17 heavy (non-hydrogen) atoms. The van der Waals surface area contributed by atoms with E-state index in [-0.39, 0.29) is 5.78 Å². The summed E-state index contributed by atoms with van der Waals surface area (Å²) < 4.78 is 11.8. The molecule has 2 aromatic rings. The van der Waals surface area contributed by atoms with Gasteiger partial charge in [-0.25, -0.2) is 0 Å². The molecule has 0 unspecified atom stereocenters. The molecule has 2 aromatic carbocycles. The molecular formula is C15H8FO. The molecule has 0 aliphatic carbocycles. The predicted octanol–water partition coefficient (Wildman–Crippen LogP) is 3.00. The average molecular weight is 223 g/mol. The van der Waals surface area contributed by atoms with E-state index in [1.54, 1.807) is 36.4 Å². The van der Waals surface area contributed by atoms with Crippen molar-refractivity contribution in [1.82, 2.24) is 0 Å². The lowest BCUT2D eigenvalue weighted by molar-refractivity contribution is 0.103. The highest BCUT2D eigenvalue weighted by molar-refractivity contribution is 6.08. The number of carbonyl (C=O) groups is 1. The second kappa shape index (κ2) is 5.09. The Hall–Kier alpha value is -2.40. The number of hydrogen-bond acceptors (Lipinski definition) is 1. The van der Waals surface area contributed by atoms with Crippen LogP contribution in [-0.2, 0) is 0 Å². The third-order valence-electron chi connectivity index (χ3n) is 2.28. The SMILES string of the molecule is O=C(c1[c]cc(C#CF)cc1)c1ccccc1. The fraction of sp³-hybridized carbons (Fsp3) is 0. The van der Waals surface area contributed by atoms with Crippen LogP contribution in [0.1, 0.15) is 21.5 Å². The van der Waals surface area contributed by atoms with Crippen molar-refractivity contribution in [3.05, 3.63) is 71.3 Å². The quantitative estimate of drug-likeness (QED) is 0.565.